The molecule has 0 bridgehead atoms. The van der Waals surface area contributed by atoms with Gasteiger partial charge >= 0.3 is 5.97 Å². The van der Waals surface area contributed by atoms with Gasteiger partial charge in [-0.1, -0.05) is 23.4 Å². The van der Waals surface area contributed by atoms with E-state index in [1.165, 1.54) is 23.0 Å². The van der Waals surface area contributed by atoms with E-state index in [9.17, 15) is 14.3 Å². The second kappa shape index (κ2) is 6.25. The zero-order chi connectivity index (χ0) is 14.5. The van der Waals surface area contributed by atoms with Gasteiger partial charge in [0, 0.05) is 5.56 Å². The molecule has 0 saturated heterocycles. The molecule has 7 heteroatoms. The average molecular weight is 279 g/mol. The molecule has 0 saturated carbocycles. The summed E-state index contributed by atoms with van der Waals surface area (Å²) >= 11 is 0. The highest BCUT2D eigenvalue weighted by Gasteiger charge is 2.16. The fourth-order valence-corrected chi connectivity index (χ4v) is 1.71. The van der Waals surface area contributed by atoms with Gasteiger partial charge in [0.05, 0.1) is 19.3 Å². The lowest BCUT2D eigenvalue weighted by molar-refractivity contribution is 0.0519. The Hall–Kier alpha value is -2.28. The number of nitrogens with zero attached hydrogens (tertiary/aromatic N) is 3. The van der Waals surface area contributed by atoms with Crippen molar-refractivity contribution in [3.05, 3.63) is 47.5 Å². The maximum absolute atomic E-state index is 13.5. The van der Waals surface area contributed by atoms with Crippen molar-refractivity contribution in [2.24, 2.45) is 0 Å². The van der Waals surface area contributed by atoms with Crippen molar-refractivity contribution in [3.8, 4) is 0 Å². The predicted octanol–water partition coefficient (Wildman–Crippen LogP) is 1.33. The second-order valence-corrected chi connectivity index (χ2v) is 4.08. The molecule has 20 heavy (non-hydrogen) atoms. The third kappa shape index (κ3) is 3.18. The van der Waals surface area contributed by atoms with Crippen LogP contribution in [0.5, 0.6) is 0 Å². The summed E-state index contributed by atoms with van der Waals surface area (Å²) < 4.78 is 19.5. The van der Waals surface area contributed by atoms with Crippen molar-refractivity contribution in [1.29, 1.82) is 0 Å². The van der Waals surface area contributed by atoms with Crippen molar-refractivity contribution < 1.29 is 19.0 Å². The minimum atomic E-state index is -1.08. The Kier molecular flexibility index (Phi) is 4.41. The molecule has 0 radical (unpaired) electrons. The number of ether oxygens (including phenoxy) is 1. The van der Waals surface area contributed by atoms with Crippen LogP contribution in [0.4, 0.5) is 4.39 Å². The molecule has 1 aromatic heterocycles. The minimum Gasteiger partial charge on any atom is -0.461 e. The number of rotatable bonds is 5. The number of hydrogen-bond acceptors (Lipinski definition) is 5. The highest BCUT2D eigenvalue weighted by atomic mass is 19.1. The quantitative estimate of drug-likeness (QED) is 0.835. The van der Waals surface area contributed by atoms with Gasteiger partial charge in [0.2, 0.25) is 0 Å². The summed E-state index contributed by atoms with van der Waals surface area (Å²) in [6.45, 7) is 1.92. The molecule has 2 aromatic rings. The van der Waals surface area contributed by atoms with Crippen molar-refractivity contribution in [2.45, 2.75) is 19.6 Å². The minimum absolute atomic E-state index is 0.00661. The molecule has 0 unspecified atom stereocenters. The Morgan fingerprint density at radius 3 is 2.95 bits per heavy atom. The predicted molar refractivity (Wildman–Crippen MR) is 67.3 cm³/mol. The van der Waals surface area contributed by atoms with E-state index in [1.54, 1.807) is 19.1 Å². The van der Waals surface area contributed by atoms with Gasteiger partial charge in [0.1, 0.15) is 11.9 Å². The molecule has 0 spiro atoms. The Balaban J connectivity index is 2.07. The molecule has 0 aliphatic carbocycles. The summed E-state index contributed by atoms with van der Waals surface area (Å²) in [6, 6.07) is 5.93. The summed E-state index contributed by atoms with van der Waals surface area (Å²) in [5.41, 5.74) is 0.216. The van der Waals surface area contributed by atoms with Gasteiger partial charge in [-0.05, 0) is 13.0 Å². The SMILES string of the molecule is CCOC(=O)c1cn(C[C@@H](O)c2ccccc2F)nn1. The summed E-state index contributed by atoms with van der Waals surface area (Å²) in [5.74, 6) is -1.08. The first-order valence-electron chi connectivity index (χ1n) is 6.11. The van der Waals surface area contributed by atoms with Crippen LogP contribution in [-0.2, 0) is 11.3 Å². The number of hydrogen-bond donors (Lipinski definition) is 1. The molecule has 6 nitrogen and oxygen atoms in total. The van der Waals surface area contributed by atoms with E-state index in [0.29, 0.717) is 0 Å². The van der Waals surface area contributed by atoms with E-state index in [4.69, 9.17) is 4.74 Å². The van der Waals surface area contributed by atoms with Gasteiger partial charge in [0.25, 0.3) is 0 Å². The highest BCUT2D eigenvalue weighted by molar-refractivity contribution is 5.86. The topological polar surface area (TPSA) is 77.2 Å². The molecule has 1 atom stereocenters. The fourth-order valence-electron chi connectivity index (χ4n) is 1.71. The average Bonchev–Trinajstić information content (AvgIpc) is 2.88. The van der Waals surface area contributed by atoms with E-state index in [1.807, 2.05) is 0 Å². The van der Waals surface area contributed by atoms with E-state index >= 15 is 0 Å². The van der Waals surface area contributed by atoms with Crippen LogP contribution in [0.3, 0.4) is 0 Å². The first-order chi connectivity index (χ1) is 9.61. The number of carbonyl (C=O) groups excluding carboxylic acids is 1. The molecule has 106 valence electrons. The number of aromatic nitrogens is 3. The molecule has 0 amide bonds. The first-order valence-corrected chi connectivity index (χ1v) is 6.11. The fraction of sp³-hybridized carbons (Fsp3) is 0.308. The number of aliphatic hydroxyl groups is 1. The second-order valence-electron chi connectivity index (χ2n) is 4.08. The number of aliphatic hydroxyl groups excluding tert-OH is 1. The van der Waals surface area contributed by atoms with Gasteiger partial charge < -0.3 is 9.84 Å². The smallest absolute Gasteiger partial charge is 0.360 e. The van der Waals surface area contributed by atoms with Crippen LogP contribution >= 0.6 is 0 Å². The van der Waals surface area contributed by atoms with Crippen LogP contribution in [0.1, 0.15) is 29.1 Å². The van der Waals surface area contributed by atoms with Crippen LogP contribution in [0.25, 0.3) is 0 Å². The van der Waals surface area contributed by atoms with Gasteiger partial charge in [-0.2, -0.15) is 0 Å². The van der Waals surface area contributed by atoms with E-state index in [0.717, 1.165) is 0 Å². The molecule has 1 heterocycles. The number of halogens is 1. The number of benzene rings is 1. The Morgan fingerprint density at radius 2 is 2.25 bits per heavy atom. The normalized spacial score (nSPS) is 12.2. The molecule has 0 aliphatic rings. The van der Waals surface area contributed by atoms with Gasteiger partial charge in [-0.25, -0.2) is 13.9 Å². The summed E-state index contributed by atoms with van der Waals surface area (Å²) in [6.07, 6.45) is 0.273. The first kappa shape index (κ1) is 14.1. The molecule has 0 fully saturated rings. The zero-order valence-electron chi connectivity index (χ0n) is 10.9. The monoisotopic (exact) mass is 279 g/mol. The number of carbonyl (C=O) groups is 1. The third-order valence-corrected chi connectivity index (χ3v) is 2.65. The molecule has 1 aromatic carbocycles. The summed E-state index contributed by atoms with van der Waals surface area (Å²) in [4.78, 5) is 11.4. The molecular formula is C13H14FN3O3. The summed E-state index contributed by atoms with van der Waals surface area (Å²) in [7, 11) is 0. The summed E-state index contributed by atoms with van der Waals surface area (Å²) in [5, 5.41) is 17.3. The number of esters is 1. The van der Waals surface area contributed by atoms with Crippen LogP contribution < -0.4 is 0 Å². The Bertz CT molecular complexity index is 600. The van der Waals surface area contributed by atoms with Crippen molar-refractivity contribution >= 4 is 5.97 Å². The van der Waals surface area contributed by atoms with Gasteiger partial charge in [0.15, 0.2) is 5.69 Å². The van der Waals surface area contributed by atoms with Crippen LogP contribution in [0.2, 0.25) is 0 Å². The van der Waals surface area contributed by atoms with Crippen molar-refractivity contribution in [1.82, 2.24) is 15.0 Å². The Morgan fingerprint density at radius 1 is 1.50 bits per heavy atom. The lowest BCUT2D eigenvalue weighted by Gasteiger charge is -2.11. The Labute approximate surface area is 114 Å². The van der Waals surface area contributed by atoms with Crippen LogP contribution in [0.15, 0.2) is 30.5 Å². The lowest BCUT2D eigenvalue weighted by Crippen LogP contribution is -2.11. The maximum Gasteiger partial charge on any atom is 0.360 e. The molecular weight excluding hydrogens is 265 g/mol. The van der Waals surface area contributed by atoms with Gasteiger partial charge in [-0.15, -0.1) is 5.10 Å². The van der Waals surface area contributed by atoms with Crippen molar-refractivity contribution in [3.63, 3.8) is 0 Å². The molecule has 1 N–H and O–H groups in total. The maximum atomic E-state index is 13.5. The van der Waals surface area contributed by atoms with Crippen LogP contribution in [0, 0.1) is 5.82 Å². The van der Waals surface area contributed by atoms with E-state index in [-0.39, 0.29) is 24.4 Å². The molecule has 2 rings (SSSR count). The zero-order valence-corrected chi connectivity index (χ0v) is 10.9. The van der Waals surface area contributed by atoms with Gasteiger partial charge in [-0.3, -0.25) is 0 Å². The third-order valence-electron chi connectivity index (χ3n) is 2.65. The van der Waals surface area contributed by atoms with Crippen molar-refractivity contribution in [2.75, 3.05) is 6.61 Å². The lowest BCUT2D eigenvalue weighted by atomic mass is 10.1. The standard InChI is InChI=1S/C13H14FN3O3/c1-2-20-13(19)11-7-17(16-15-11)8-12(18)9-5-3-4-6-10(9)14/h3-7,12,18H,2,8H2,1H3/t12-/m1/s1. The van der Waals surface area contributed by atoms with E-state index < -0.39 is 17.9 Å². The largest absolute Gasteiger partial charge is 0.461 e. The highest BCUT2D eigenvalue weighted by Crippen LogP contribution is 2.18. The van der Waals surface area contributed by atoms with E-state index in [2.05, 4.69) is 10.3 Å². The molecule has 0 aliphatic heterocycles. The van der Waals surface area contributed by atoms with Crippen LogP contribution in [-0.4, -0.2) is 32.7 Å².